The van der Waals surface area contributed by atoms with Crippen molar-refractivity contribution >= 4 is 44.0 Å². The molecule has 0 unspecified atom stereocenters. The number of nitro groups is 1. The van der Waals surface area contributed by atoms with Crippen LogP contribution in [0.4, 0.5) is 10.8 Å². The van der Waals surface area contributed by atoms with Crippen LogP contribution in [-0.2, 0) is 12.8 Å². The van der Waals surface area contributed by atoms with Crippen molar-refractivity contribution in [2.45, 2.75) is 25.7 Å². The third-order valence-corrected chi connectivity index (χ3v) is 5.21. The van der Waals surface area contributed by atoms with Gasteiger partial charge in [0.2, 0.25) is 0 Å². The summed E-state index contributed by atoms with van der Waals surface area (Å²) in [6.07, 6.45) is 4.24. The Hall–Kier alpha value is -1.80. The van der Waals surface area contributed by atoms with Gasteiger partial charge in [-0.05, 0) is 53.7 Å². The Balaban J connectivity index is 1.81. The van der Waals surface area contributed by atoms with Crippen molar-refractivity contribution in [2.24, 2.45) is 0 Å². The van der Waals surface area contributed by atoms with Crippen molar-refractivity contribution in [1.82, 2.24) is 4.98 Å². The van der Waals surface area contributed by atoms with Gasteiger partial charge in [-0.25, -0.2) is 4.98 Å². The van der Waals surface area contributed by atoms with E-state index in [4.69, 9.17) is 0 Å². The van der Waals surface area contributed by atoms with Crippen molar-refractivity contribution in [3.63, 3.8) is 0 Å². The molecule has 22 heavy (non-hydrogen) atoms. The molecule has 0 saturated heterocycles. The van der Waals surface area contributed by atoms with Crippen molar-refractivity contribution in [1.29, 1.82) is 0 Å². The van der Waals surface area contributed by atoms with Gasteiger partial charge in [0.15, 0.2) is 5.13 Å². The molecule has 1 aliphatic carbocycles. The van der Waals surface area contributed by atoms with E-state index < -0.39 is 4.92 Å². The SMILES string of the molecule is O=C(Nc1nc2c(s1)CCCC2)c1ccc(Br)c([N+](=O)[O-])c1. The molecular formula is C14H12BrN3O3S. The summed E-state index contributed by atoms with van der Waals surface area (Å²) in [7, 11) is 0. The zero-order valence-corrected chi connectivity index (χ0v) is 13.9. The average molecular weight is 382 g/mol. The van der Waals surface area contributed by atoms with Crippen LogP contribution in [0.25, 0.3) is 0 Å². The topological polar surface area (TPSA) is 85.1 Å². The molecule has 1 aromatic carbocycles. The lowest BCUT2D eigenvalue weighted by Gasteiger charge is -2.06. The average Bonchev–Trinajstić information content (AvgIpc) is 2.89. The molecule has 114 valence electrons. The van der Waals surface area contributed by atoms with Gasteiger partial charge in [-0.3, -0.25) is 20.2 Å². The first-order valence-corrected chi connectivity index (χ1v) is 8.39. The first-order chi connectivity index (χ1) is 10.5. The Morgan fingerprint density at radius 1 is 1.36 bits per heavy atom. The second kappa shape index (κ2) is 6.13. The molecule has 6 nitrogen and oxygen atoms in total. The summed E-state index contributed by atoms with van der Waals surface area (Å²) in [4.78, 5) is 28.3. The minimum absolute atomic E-state index is 0.133. The summed E-state index contributed by atoms with van der Waals surface area (Å²) in [5, 5.41) is 14.2. The van der Waals surface area contributed by atoms with Crippen LogP contribution in [0.5, 0.6) is 0 Å². The zero-order valence-electron chi connectivity index (χ0n) is 11.5. The van der Waals surface area contributed by atoms with Crippen LogP contribution in [0.15, 0.2) is 22.7 Å². The number of aromatic nitrogens is 1. The number of aryl methyl sites for hydroxylation is 2. The number of carbonyl (C=O) groups is 1. The van der Waals surface area contributed by atoms with E-state index in [0.717, 1.165) is 31.4 Å². The molecule has 0 bridgehead atoms. The van der Waals surface area contributed by atoms with Crippen LogP contribution < -0.4 is 5.32 Å². The lowest BCUT2D eigenvalue weighted by molar-refractivity contribution is -0.385. The number of nitrogens with one attached hydrogen (secondary N) is 1. The number of nitrogens with zero attached hydrogens (tertiary/aromatic N) is 2. The molecule has 0 fully saturated rings. The Labute approximate surface area is 138 Å². The van der Waals surface area contributed by atoms with Gasteiger partial charge in [0, 0.05) is 16.5 Å². The number of carbonyl (C=O) groups excluding carboxylic acids is 1. The van der Waals surface area contributed by atoms with E-state index >= 15 is 0 Å². The number of thiazole rings is 1. The van der Waals surface area contributed by atoms with Crippen LogP contribution in [0.3, 0.4) is 0 Å². The molecule has 8 heteroatoms. The largest absolute Gasteiger partial charge is 0.298 e. The molecule has 0 radical (unpaired) electrons. The Kier molecular flexibility index (Phi) is 4.21. The number of halogens is 1. The fourth-order valence-electron chi connectivity index (χ4n) is 2.37. The van der Waals surface area contributed by atoms with Gasteiger partial charge in [0.1, 0.15) is 0 Å². The second-order valence-corrected chi connectivity index (χ2v) is 6.91. The first kappa shape index (κ1) is 15.1. The van der Waals surface area contributed by atoms with Crippen molar-refractivity contribution in [3.05, 3.63) is 48.9 Å². The monoisotopic (exact) mass is 381 g/mol. The number of hydrogen-bond acceptors (Lipinski definition) is 5. The second-order valence-electron chi connectivity index (χ2n) is 4.97. The lowest BCUT2D eigenvalue weighted by atomic mass is 10.0. The van der Waals surface area contributed by atoms with Crippen LogP contribution in [0, 0.1) is 10.1 Å². The van der Waals surface area contributed by atoms with Crippen molar-refractivity contribution < 1.29 is 9.72 Å². The number of fused-ring (bicyclic) bond motifs is 1. The fourth-order valence-corrected chi connectivity index (χ4v) is 3.80. The van der Waals surface area contributed by atoms with Crippen LogP contribution in [-0.4, -0.2) is 15.8 Å². The van der Waals surface area contributed by atoms with Gasteiger partial charge >= 0.3 is 0 Å². The van der Waals surface area contributed by atoms with E-state index in [1.165, 1.54) is 28.3 Å². The molecule has 0 spiro atoms. The first-order valence-electron chi connectivity index (χ1n) is 6.78. The predicted molar refractivity (Wildman–Crippen MR) is 87.5 cm³/mol. The van der Waals surface area contributed by atoms with E-state index in [9.17, 15) is 14.9 Å². The summed E-state index contributed by atoms with van der Waals surface area (Å²) < 4.78 is 0.346. The highest BCUT2D eigenvalue weighted by molar-refractivity contribution is 9.10. The molecule has 1 aromatic heterocycles. The molecule has 2 aromatic rings. The number of benzene rings is 1. The van der Waals surface area contributed by atoms with Gasteiger partial charge in [-0.15, -0.1) is 11.3 Å². The number of rotatable bonds is 3. The van der Waals surface area contributed by atoms with E-state index in [-0.39, 0.29) is 17.2 Å². The molecular weight excluding hydrogens is 370 g/mol. The van der Waals surface area contributed by atoms with Crippen LogP contribution >= 0.6 is 27.3 Å². The third-order valence-electron chi connectivity index (χ3n) is 3.47. The smallest absolute Gasteiger partial charge is 0.284 e. The van der Waals surface area contributed by atoms with E-state index in [1.807, 2.05) is 0 Å². The molecule has 0 atom stereocenters. The highest BCUT2D eigenvalue weighted by Crippen LogP contribution is 2.30. The van der Waals surface area contributed by atoms with Gasteiger partial charge in [-0.1, -0.05) is 0 Å². The zero-order chi connectivity index (χ0) is 15.7. The maximum absolute atomic E-state index is 12.2. The normalized spacial score (nSPS) is 13.5. The molecule has 0 saturated carbocycles. The van der Waals surface area contributed by atoms with Gasteiger partial charge in [0.05, 0.1) is 15.1 Å². The summed E-state index contributed by atoms with van der Waals surface area (Å²) in [5.41, 5.74) is 1.17. The standard InChI is InChI=1S/C14H12BrN3O3S/c15-9-6-5-8(7-11(9)18(20)21)13(19)17-14-16-10-3-1-2-4-12(10)22-14/h5-7H,1-4H2,(H,16,17,19). The minimum Gasteiger partial charge on any atom is -0.298 e. The lowest BCUT2D eigenvalue weighted by Crippen LogP contribution is -2.12. The predicted octanol–water partition coefficient (Wildman–Crippen LogP) is 3.94. The summed E-state index contributed by atoms with van der Waals surface area (Å²) in [6, 6.07) is 4.30. The van der Waals surface area contributed by atoms with E-state index in [2.05, 4.69) is 26.2 Å². The Morgan fingerprint density at radius 3 is 2.86 bits per heavy atom. The molecule has 1 N–H and O–H groups in total. The van der Waals surface area contributed by atoms with Gasteiger partial charge < -0.3 is 0 Å². The van der Waals surface area contributed by atoms with Crippen LogP contribution in [0.2, 0.25) is 0 Å². The highest BCUT2D eigenvalue weighted by Gasteiger charge is 2.19. The minimum atomic E-state index is -0.525. The molecule has 1 heterocycles. The van der Waals surface area contributed by atoms with Gasteiger partial charge in [-0.2, -0.15) is 0 Å². The summed E-state index contributed by atoms with van der Waals surface area (Å²) >= 11 is 4.59. The number of nitro benzene ring substituents is 1. The fraction of sp³-hybridized carbons (Fsp3) is 0.286. The Bertz CT molecular complexity index is 736. The van der Waals surface area contributed by atoms with Crippen molar-refractivity contribution in [2.75, 3.05) is 5.32 Å². The molecule has 1 aliphatic rings. The maximum atomic E-state index is 12.2. The molecule has 3 rings (SSSR count). The number of anilines is 1. The molecule has 1 amide bonds. The van der Waals surface area contributed by atoms with Crippen molar-refractivity contribution in [3.8, 4) is 0 Å². The van der Waals surface area contributed by atoms with E-state index in [0.29, 0.717) is 9.60 Å². The third kappa shape index (κ3) is 3.02. The highest BCUT2D eigenvalue weighted by atomic mass is 79.9. The van der Waals surface area contributed by atoms with Gasteiger partial charge in [0.25, 0.3) is 11.6 Å². The quantitative estimate of drug-likeness (QED) is 0.644. The summed E-state index contributed by atoms with van der Waals surface area (Å²) in [6.45, 7) is 0. The Morgan fingerprint density at radius 2 is 2.14 bits per heavy atom. The number of hydrogen-bond donors (Lipinski definition) is 1. The van der Waals surface area contributed by atoms with E-state index in [1.54, 1.807) is 6.07 Å². The maximum Gasteiger partial charge on any atom is 0.284 e. The molecule has 0 aliphatic heterocycles. The van der Waals surface area contributed by atoms with Crippen LogP contribution in [0.1, 0.15) is 33.8 Å². The number of amides is 1. The summed E-state index contributed by atoms with van der Waals surface area (Å²) in [5.74, 6) is -0.387.